The molecule has 0 heterocycles. The highest BCUT2D eigenvalue weighted by molar-refractivity contribution is 5.22. The van der Waals surface area contributed by atoms with Gasteiger partial charge in [0.2, 0.25) is 0 Å². The third kappa shape index (κ3) is 4.82. The van der Waals surface area contributed by atoms with Crippen LogP contribution in [0.4, 0.5) is 13.2 Å². The van der Waals surface area contributed by atoms with E-state index in [4.69, 9.17) is 0 Å². The lowest BCUT2D eigenvalue weighted by Gasteiger charge is -2.23. The molecule has 1 rings (SSSR count). The Hall–Kier alpha value is -1.03. The van der Waals surface area contributed by atoms with Crippen molar-refractivity contribution in [1.82, 2.24) is 5.32 Å². The summed E-state index contributed by atoms with van der Waals surface area (Å²) in [6.45, 7) is 7.04. The second-order valence-electron chi connectivity index (χ2n) is 5.43. The first-order chi connectivity index (χ1) is 9.49. The Bertz CT molecular complexity index is 397. The minimum atomic E-state index is -1.40. The van der Waals surface area contributed by atoms with E-state index in [0.717, 1.165) is 44.4 Å². The van der Waals surface area contributed by atoms with Crippen LogP contribution in [0.1, 0.15) is 58.1 Å². The fourth-order valence-corrected chi connectivity index (χ4v) is 2.45. The fraction of sp³-hybridized carbons (Fsp3) is 0.625. The SMILES string of the molecule is CCCNC(CC(C)CCC)c1cc(F)c(F)c(F)c1. The molecule has 1 N–H and O–H groups in total. The summed E-state index contributed by atoms with van der Waals surface area (Å²) in [6, 6.07) is 2.07. The predicted molar refractivity (Wildman–Crippen MR) is 76.0 cm³/mol. The van der Waals surface area contributed by atoms with Crippen molar-refractivity contribution in [2.45, 2.75) is 52.5 Å². The van der Waals surface area contributed by atoms with Gasteiger partial charge in [-0.2, -0.15) is 0 Å². The summed E-state index contributed by atoms with van der Waals surface area (Å²) < 4.78 is 39.8. The molecule has 1 nitrogen and oxygen atoms in total. The van der Waals surface area contributed by atoms with Gasteiger partial charge >= 0.3 is 0 Å². The average Bonchev–Trinajstić information content (AvgIpc) is 2.40. The van der Waals surface area contributed by atoms with Gasteiger partial charge in [-0.25, -0.2) is 13.2 Å². The number of hydrogen-bond acceptors (Lipinski definition) is 1. The number of halogens is 3. The molecule has 1 aromatic carbocycles. The lowest BCUT2D eigenvalue weighted by molar-refractivity contribution is 0.383. The van der Waals surface area contributed by atoms with E-state index < -0.39 is 17.5 Å². The van der Waals surface area contributed by atoms with Crippen molar-refractivity contribution in [3.05, 3.63) is 35.1 Å². The summed E-state index contributed by atoms with van der Waals surface area (Å²) in [5, 5.41) is 3.29. The van der Waals surface area contributed by atoms with Crippen LogP contribution in [-0.2, 0) is 0 Å². The topological polar surface area (TPSA) is 12.0 Å². The molecule has 0 spiro atoms. The molecule has 0 saturated carbocycles. The monoisotopic (exact) mass is 287 g/mol. The van der Waals surface area contributed by atoms with Crippen molar-refractivity contribution in [2.75, 3.05) is 6.54 Å². The first-order valence-electron chi connectivity index (χ1n) is 7.37. The molecular weight excluding hydrogens is 263 g/mol. The Labute approximate surface area is 119 Å². The quantitative estimate of drug-likeness (QED) is 0.666. The van der Waals surface area contributed by atoms with E-state index in [9.17, 15) is 13.2 Å². The van der Waals surface area contributed by atoms with Gasteiger partial charge in [0.15, 0.2) is 17.5 Å². The molecule has 1 aromatic rings. The van der Waals surface area contributed by atoms with Gasteiger partial charge in [-0.3, -0.25) is 0 Å². The molecule has 0 aromatic heterocycles. The lowest BCUT2D eigenvalue weighted by atomic mass is 9.92. The Morgan fingerprint density at radius 2 is 1.65 bits per heavy atom. The van der Waals surface area contributed by atoms with Crippen molar-refractivity contribution < 1.29 is 13.2 Å². The maximum absolute atomic E-state index is 13.4. The van der Waals surface area contributed by atoms with Gasteiger partial charge in [0.25, 0.3) is 0 Å². The maximum atomic E-state index is 13.4. The number of hydrogen-bond donors (Lipinski definition) is 1. The first-order valence-corrected chi connectivity index (χ1v) is 7.37. The molecule has 0 amide bonds. The molecule has 2 unspecified atom stereocenters. The molecule has 2 atom stereocenters. The zero-order valence-electron chi connectivity index (χ0n) is 12.5. The summed E-state index contributed by atoms with van der Waals surface area (Å²) in [6.07, 6.45) is 3.87. The Kier molecular flexibility index (Phi) is 7.06. The third-order valence-corrected chi connectivity index (χ3v) is 3.47. The summed E-state index contributed by atoms with van der Waals surface area (Å²) in [5.74, 6) is -3.19. The molecule has 0 aliphatic rings. The van der Waals surface area contributed by atoms with Crippen LogP contribution in [0.3, 0.4) is 0 Å². The van der Waals surface area contributed by atoms with Crippen LogP contribution in [0.15, 0.2) is 12.1 Å². The molecular formula is C16H24F3N. The van der Waals surface area contributed by atoms with Crippen LogP contribution in [-0.4, -0.2) is 6.54 Å². The highest BCUT2D eigenvalue weighted by Gasteiger charge is 2.19. The van der Waals surface area contributed by atoms with Crippen molar-refractivity contribution in [3.8, 4) is 0 Å². The molecule has 0 fully saturated rings. The lowest BCUT2D eigenvalue weighted by Crippen LogP contribution is -2.24. The second kappa shape index (κ2) is 8.30. The van der Waals surface area contributed by atoms with Gasteiger partial charge < -0.3 is 5.32 Å². The van der Waals surface area contributed by atoms with Gasteiger partial charge in [-0.05, 0) is 43.0 Å². The smallest absolute Gasteiger partial charge is 0.194 e. The second-order valence-corrected chi connectivity index (χ2v) is 5.43. The van der Waals surface area contributed by atoms with E-state index in [1.807, 2.05) is 6.92 Å². The van der Waals surface area contributed by atoms with Crippen molar-refractivity contribution in [2.24, 2.45) is 5.92 Å². The zero-order valence-corrected chi connectivity index (χ0v) is 12.5. The van der Waals surface area contributed by atoms with Crippen molar-refractivity contribution in [1.29, 1.82) is 0 Å². The molecule has 20 heavy (non-hydrogen) atoms. The molecule has 0 saturated heterocycles. The fourth-order valence-electron chi connectivity index (χ4n) is 2.45. The number of benzene rings is 1. The standard InChI is InChI=1S/C16H24F3N/c1-4-6-11(3)8-15(20-7-5-2)12-9-13(17)16(19)14(18)10-12/h9-11,15,20H,4-8H2,1-3H3. The maximum Gasteiger partial charge on any atom is 0.194 e. The summed E-state index contributed by atoms with van der Waals surface area (Å²) in [5.41, 5.74) is 0.484. The Balaban J connectivity index is 2.91. The van der Waals surface area contributed by atoms with Gasteiger partial charge in [-0.1, -0.05) is 33.6 Å². The Morgan fingerprint density at radius 1 is 1.05 bits per heavy atom. The van der Waals surface area contributed by atoms with Gasteiger partial charge in [-0.15, -0.1) is 0 Å². The van der Waals surface area contributed by atoms with Gasteiger partial charge in [0.1, 0.15) is 0 Å². The van der Waals surface area contributed by atoms with Crippen molar-refractivity contribution in [3.63, 3.8) is 0 Å². The molecule has 114 valence electrons. The van der Waals surface area contributed by atoms with Crippen molar-refractivity contribution >= 4 is 0 Å². The normalized spacial score (nSPS) is 14.3. The van der Waals surface area contributed by atoms with Crippen LogP contribution in [0, 0.1) is 23.4 Å². The van der Waals surface area contributed by atoms with E-state index in [0.29, 0.717) is 11.5 Å². The molecule has 0 radical (unpaired) electrons. The minimum Gasteiger partial charge on any atom is -0.310 e. The molecule has 0 aliphatic carbocycles. The number of rotatable bonds is 8. The summed E-state index contributed by atoms with van der Waals surface area (Å²) in [4.78, 5) is 0. The van der Waals surface area contributed by atoms with Crippen LogP contribution in [0.5, 0.6) is 0 Å². The van der Waals surface area contributed by atoms with E-state index in [1.54, 1.807) is 0 Å². The van der Waals surface area contributed by atoms with Crippen LogP contribution < -0.4 is 5.32 Å². The van der Waals surface area contributed by atoms with E-state index >= 15 is 0 Å². The first kappa shape index (κ1) is 17.0. The van der Waals surface area contributed by atoms with E-state index in [1.165, 1.54) is 0 Å². The molecule has 4 heteroatoms. The van der Waals surface area contributed by atoms with Crippen LogP contribution in [0.2, 0.25) is 0 Å². The molecule has 0 aliphatic heterocycles. The van der Waals surface area contributed by atoms with E-state index in [2.05, 4.69) is 19.2 Å². The largest absolute Gasteiger partial charge is 0.310 e. The predicted octanol–water partition coefficient (Wildman–Crippen LogP) is 4.97. The van der Waals surface area contributed by atoms with E-state index in [-0.39, 0.29) is 6.04 Å². The van der Waals surface area contributed by atoms with Gasteiger partial charge in [0.05, 0.1) is 0 Å². The summed E-state index contributed by atoms with van der Waals surface area (Å²) in [7, 11) is 0. The highest BCUT2D eigenvalue weighted by atomic mass is 19.2. The average molecular weight is 287 g/mol. The number of nitrogens with one attached hydrogen (secondary N) is 1. The highest BCUT2D eigenvalue weighted by Crippen LogP contribution is 2.26. The third-order valence-electron chi connectivity index (χ3n) is 3.47. The Morgan fingerprint density at radius 3 is 2.15 bits per heavy atom. The van der Waals surface area contributed by atoms with Gasteiger partial charge in [0, 0.05) is 6.04 Å². The zero-order chi connectivity index (χ0) is 15.1. The summed E-state index contributed by atoms with van der Waals surface area (Å²) >= 11 is 0. The van der Waals surface area contributed by atoms with Crippen LogP contribution in [0.25, 0.3) is 0 Å². The molecule has 0 bridgehead atoms. The minimum absolute atomic E-state index is 0.138. The van der Waals surface area contributed by atoms with Crippen LogP contribution >= 0.6 is 0 Å².